The van der Waals surface area contributed by atoms with Crippen LogP contribution in [0.15, 0.2) is 24.3 Å². The Balaban J connectivity index is 1.42. The van der Waals surface area contributed by atoms with Gasteiger partial charge in [0.05, 0.1) is 30.3 Å². The molecule has 1 aliphatic heterocycles. The third-order valence-corrected chi connectivity index (χ3v) is 6.89. The summed E-state index contributed by atoms with van der Waals surface area (Å²) in [6.07, 6.45) is 0.276. The highest BCUT2D eigenvalue weighted by molar-refractivity contribution is 7.20. The van der Waals surface area contributed by atoms with Crippen molar-refractivity contribution in [2.75, 3.05) is 32.8 Å². The van der Waals surface area contributed by atoms with E-state index in [1.165, 1.54) is 11.3 Å². The molecule has 31 heavy (non-hydrogen) atoms. The predicted octanol–water partition coefficient (Wildman–Crippen LogP) is 3.74. The number of hydrogen-bond acceptors (Lipinski definition) is 5. The van der Waals surface area contributed by atoms with E-state index in [4.69, 9.17) is 27.9 Å². The molecule has 3 heterocycles. The quantitative estimate of drug-likeness (QED) is 0.582. The minimum atomic E-state index is -0.188. The van der Waals surface area contributed by atoms with Crippen molar-refractivity contribution in [1.82, 2.24) is 20.0 Å². The first kappa shape index (κ1) is 22.1. The summed E-state index contributed by atoms with van der Waals surface area (Å²) in [6, 6.07) is 7.22. The molecule has 7 nitrogen and oxygen atoms in total. The molecule has 2 aromatic heterocycles. The molecule has 0 saturated carbocycles. The Morgan fingerprint density at radius 3 is 2.74 bits per heavy atom. The first-order valence-electron chi connectivity index (χ1n) is 9.97. The maximum Gasteiger partial charge on any atom is 0.261 e. The van der Waals surface area contributed by atoms with Crippen molar-refractivity contribution in [3.8, 4) is 0 Å². The number of carbonyl (C=O) groups excluding carboxylic acids is 2. The van der Waals surface area contributed by atoms with Crippen LogP contribution in [0.5, 0.6) is 0 Å². The van der Waals surface area contributed by atoms with Crippen LogP contribution >= 0.6 is 34.5 Å². The Morgan fingerprint density at radius 2 is 2.00 bits per heavy atom. The third kappa shape index (κ3) is 5.03. The van der Waals surface area contributed by atoms with Crippen LogP contribution in [0.2, 0.25) is 10.0 Å². The Bertz CT molecular complexity index is 1120. The molecule has 164 valence electrons. The van der Waals surface area contributed by atoms with Gasteiger partial charge in [-0.2, -0.15) is 5.10 Å². The number of thiophene rings is 1. The zero-order chi connectivity index (χ0) is 22.0. The van der Waals surface area contributed by atoms with Gasteiger partial charge in [0.25, 0.3) is 5.91 Å². The molecule has 10 heteroatoms. The number of nitrogens with zero attached hydrogens (tertiary/aromatic N) is 3. The number of benzene rings is 1. The second-order valence-electron chi connectivity index (χ2n) is 7.31. The highest BCUT2D eigenvalue weighted by Gasteiger charge is 2.19. The van der Waals surface area contributed by atoms with E-state index in [1.807, 2.05) is 23.7 Å². The number of ether oxygens (including phenoxy) is 1. The minimum Gasteiger partial charge on any atom is -0.378 e. The minimum absolute atomic E-state index is 0.0336. The molecule has 3 aromatic rings. The van der Waals surface area contributed by atoms with Crippen LogP contribution in [0.3, 0.4) is 0 Å². The number of nitrogens with one attached hydrogen (secondary N) is 1. The molecule has 0 spiro atoms. The van der Waals surface area contributed by atoms with Gasteiger partial charge in [-0.1, -0.05) is 29.3 Å². The molecular formula is C21H22Cl2N4O3S. The van der Waals surface area contributed by atoms with Crippen LogP contribution in [0.25, 0.3) is 10.2 Å². The summed E-state index contributed by atoms with van der Waals surface area (Å²) in [6.45, 7) is 5.05. The highest BCUT2D eigenvalue weighted by atomic mass is 35.5. The van der Waals surface area contributed by atoms with E-state index in [9.17, 15) is 9.59 Å². The van der Waals surface area contributed by atoms with Gasteiger partial charge in [-0.3, -0.25) is 14.3 Å². The molecule has 2 amide bonds. The maximum atomic E-state index is 12.6. The SMILES string of the molecule is Cc1nn(Cc2ccc(Cl)cc2Cl)c2sc(C(=O)NCCC(=O)N3CCOCC3)cc12. The van der Waals surface area contributed by atoms with Crippen LogP contribution in [-0.2, 0) is 16.1 Å². The van der Waals surface area contributed by atoms with Crippen LogP contribution in [-0.4, -0.2) is 59.3 Å². The number of rotatable bonds is 6. The summed E-state index contributed by atoms with van der Waals surface area (Å²) >= 11 is 13.7. The first-order chi connectivity index (χ1) is 14.9. The Hall–Kier alpha value is -2.13. The van der Waals surface area contributed by atoms with E-state index in [1.54, 1.807) is 17.0 Å². The lowest BCUT2D eigenvalue weighted by Crippen LogP contribution is -2.41. The molecule has 0 radical (unpaired) electrons. The Morgan fingerprint density at radius 1 is 1.23 bits per heavy atom. The summed E-state index contributed by atoms with van der Waals surface area (Å²) in [7, 11) is 0. The standard InChI is InChI=1S/C21H22Cl2N4O3S/c1-13-16-11-18(20(29)24-5-4-19(28)26-6-8-30-9-7-26)31-21(16)27(25-13)12-14-2-3-15(22)10-17(14)23/h2-3,10-11H,4-9,12H2,1H3,(H,24,29). The van der Waals surface area contributed by atoms with Crippen molar-refractivity contribution in [1.29, 1.82) is 0 Å². The van der Waals surface area contributed by atoms with E-state index in [0.29, 0.717) is 54.3 Å². The molecule has 1 saturated heterocycles. The van der Waals surface area contributed by atoms with Crippen LogP contribution in [0, 0.1) is 6.92 Å². The molecule has 1 fully saturated rings. The van der Waals surface area contributed by atoms with Gasteiger partial charge in [0.2, 0.25) is 5.91 Å². The molecule has 0 aliphatic carbocycles. The fourth-order valence-corrected chi connectivity index (χ4v) is 5.03. The summed E-state index contributed by atoms with van der Waals surface area (Å²) in [5, 5.41) is 9.53. The highest BCUT2D eigenvalue weighted by Crippen LogP contribution is 2.30. The smallest absolute Gasteiger partial charge is 0.261 e. The van der Waals surface area contributed by atoms with Crippen molar-refractivity contribution in [3.63, 3.8) is 0 Å². The lowest BCUT2D eigenvalue weighted by atomic mass is 10.2. The van der Waals surface area contributed by atoms with E-state index in [-0.39, 0.29) is 18.2 Å². The van der Waals surface area contributed by atoms with Gasteiger partial charge in [0, 0.05) is 41.5 Å². The number of amides is 2. The fourth-order valence-electron chi connectivity index (χ4n) is 3.48. The van der Waals surface area contributed by atoms with E-state index in [2.05, 4.69) is 10.4 Å². The zero-order valence-corrected chi connectivity index (χ0v) is 19.3. The predicted molar refractivity (Wildman–Crippen MR) is 122 cm³/mol. The van der Waals surface area contributed by atoms with E-state index in [0.717, 1.165) is 21.5 Å². The third-order valence-electron chi connectivity index (χ3n) is 5.15. The van der Waals surface area contributed by atoms with Crippen LogP contribution < -0.4 is 5.32 Å². The van der Waals surface area contributed by atoms with Crippen molar-refractivity contribution in [3.05, 3.63) is 50.4 Å². The van der Waals surface area contributed by atoms with Crippen LogP contribution in [0.1, 0.15) is 27.3 Å². The number of fused-ring (bicyclic) bond motifs is 1. The molecule has 0 bridgehead atoms. The van der Waals surface area contributed by atoms with Gasteiger partial charge >= 0.3 is 0 Å². The number of carbonyl (C=O) groups is 2. The fraction of sp³-hybridized carbons (Fsp3) is 0.381. The van der Waals surface area contributed by atoms with Gasteiger partial charge in [0.1, 0.15) is 4.83 Å². The van der Waals surface area contributed by atoms with Crippen molar-refractivity contribution in [2.24, 2.45) is 0 Å². The van der Waals surface area contributed by atoms with Gasteiger partial charge in [-0.05, 0) is 30.7 Å². The summed E-state index contributed by atoms with van der Waals surface area (Å²) in [5.41, 5.74) is 1.74. The second-order valence-corrected chi connectivity index (χ2v) is 9.18. The molecular weight excluding hydrogens is 459 g/mol. The molecule has 0 atom stereocenters. The van der Waals surface area contributed by atoms with Crippen LogP contribution in [0.4, 0.5) is 0 Å². The normalized spacial score (nSPS) is 14.2. The second kappa shape index (κ2) is 9.56. The monoisotopic (exact) mass is 480 g/mol. The zero-order valence-electron chi connectivity index (χ0n) is 17.0. The summed E-state index contributed by atoms with van der Waals surface area (Å²) < 4.78 is 7.11. The van der Waals surface area contributed by atoms with Gasteiger partial charge in [-0.25, -0.2) is 0 Å². The Labute approximate surface area is 193 Å². The Kier molecular flexibility index (Phi) is 6.81. The summed E-state index contributed by atoms with van der Waals surface area (Å²) in [4.78, 5) is 28.1. The number of halogens is 2. The van der Waals surface area contributed by atoms with Crippen molar-refractivity contribution in [2.45, 2.75) is 19.9 Å². The number of aromatic nitrogens is 2. The average molecular weight is 481 g/mol. The largest absolute Gasteiger partial charge is 0.378 e. The van der Waals surface area contributed by atoms with Crippen molar-refractivity contribution >= 4 is 56.6 Å². The van der Waals surface area contributed by atoms with Gasteiger partial charge < -0.3 is 15.0 Å². The first-order valence-corrected chi connectivity index (χ1v) is 11.5. The molecule has 4 rings (SSSR count). The van der Waals surface area contributed by atoms with Gasteiger partial charge in [0.15, 0.2) is 0 Å². The lowest BCUT2D eigenvalue weighted by Gasteiger charge is -2.26. The average Bonchev–Trinajstić information content (AvgIpc) is 3.32. The van der Waals surface area contributed by atoms with E-state index < -0.39 is 0 Å². The van der Waals surface area contributed by atoms with Crippen molar-refractivity contribution < 1.29 is 14.3 Å². The number of aryl methyl sites for hydroxylation is 1. The lowest BCUT2D eigenvalue weighted by molar-refractivity contribution is -0.135. The molecule has 1 aliphatic rings. The number of morpholine rings is 1. The maximum absolute atomic E-state index is 12.6. The van der Waals surface area contributed by atoms with E-state index >= 15 is 0 Å². The molecule has 1 N–H and O–H groups in total. The molecule has 1 aromatic carbocycles. The summed E-state index contributed by atoms with van der Waals surface area (Å²) in [5.74, 6) is -0.155. The molecule has 0 unspecified atom stereocenters. The number of hydrogen-bond donors (Lipinski definition) is 1. The van der Waals surface area contributed by atoms with Gasteiger partial charge in [-0.15, -0.1) is 11.3 Å². The topological polar surface area (TPSA) is 76.5 Å².